The van der Waals surface area contributed by atoms with E-state index in [1.807, 2.05) is 45.3 Å². The normalized spacial score (nSPS) is 16.6. The number of rotatable bonds is 4. The van der Waals surface area contributed by atoms with Crippen LogP contribution in [0, 0.1) is 6.92 Å². The Morgan fingerprint density at radius 1 is 1.14 bits per heavy atom. The monoisotopic (exact) mass is 473 g/mol. The first kappa shape index (κ1) is 24.7. The molecule has 0 aliphatic carbocycles. The van der Waals surface area contributed by atoms with Gasteiger partial charge < -0.3 is 18.8 Å². The van der Waals surface area contributed by atoms with E-state index in [0.717, 1.165) is 34.8 Å². The summed E-state index contributed by atoms with van der Waals surface area (Å²) < 4.78 is 9.51. The van der Waals surface area contributed by atoms with Crippen LogP contribution in [0.1, 0.15) is 44.9 Å². The zero-order valence-corrected chi connectivity index (χ0v) is 21.5. The molecule has 0 N–H and O–H groups in total. The number of hydrogen-bond acceptors (Lipinski definition) is 5. The van der Waals surface area contributed by atoms with E-state index in [9.17, 15) is 4.79 Å². The Labute approximate surface area is 207 Å². The molecule has 0 spiro atoms. The Kier molecular flexibility index (Phi) is 7.36. The first-order valence-corrected chi connectivity index (χ1v) is 12.4. The van der Waals surface area contributed by atoms with Crippen LogP contribution in [0.15, 0.2) is 59.7 Å². The molecule has 0 radical (unpaired) electrons. The van der Waals surface area contributed by atoms with Gasteiger partial charge in [0.2, 0.25) is 0 Å². The maximum atomic E-state index is 12.3. The van der Waals surface area contributed by atoms with E-state index in [0.29, 0.717) is 18.8 Å². The number of hydrogen-bond donors (Lipinski definition) is 0. The molecule has 0 saturated carbocycles. The molecule has 1 unspecified atom stereocenters. The lowest BCUT2D eigenvalue weighted by atomic mass is 10.1. The van der Waals surface area contributed by atoms with Gasteiger partial charge in [-0.3, -0.25) is 4.79 Å². The fourth-order valence-corrected chi connectivity index (χ4v) is 4.69. The summed E-state index contributed by atoms with van der Waals surface area (Å²) in [7, 11) is 1.78. The van der Waals surface area contributed by atoms with Crippen molar-refractivity contribution in [3.63, 3.8) is 0 Å². The third kappa shape index (κ3) is 4.73. The molecule has 184 valence electrons. The molecule has 7 nitrogen and oxygen atoms in total. The van der Waals surface area contributed by atoms with E-state index in [4.69, 9.17) is 14.7 Å². The zero-order chi connectivity index (χ0) is 25.1. The van der Waals surface area contributed by atoms with Crippen molar-refractivity contribution < 1.29 is 4.74 Å². The van der Waals surface area contributed by atoms with Crippen molar-refractivity contribution >= 4 is 16.9 Å². The maximum Gasteiger partial charge on any atom is 0.253 e. The summed E-state index contributed by atoms with van der Waals surface area (Å²) in [6.07, 6.45) is 3.72. The number of aromatic nitrogens is 4. The summed E-state index contributed by atoms with van der Waals surface area (Å²) in [5, 5.41) is 0. The van der Waals surface area contributed by atoms with E-state index >= 15 is 0 Å². The number of morpholine rings is 1. The molecule has 5 rings (SSSR count). The molecule has 1 aromatic carbocycles. The lowest BCUT2D eigenvalue weighted by Crippen LogP contribution is -2.44. The van der Waals surface area contributed by atoms with Gasteiger partial charge in [-0.2, -0.15) is 0 Å². The van der Waals surface area contributed by atoms with E-state index in [-0.39, 0.29) is 17.6 Å². The molecule has 1 saturated heterocycles. The Hall–Kier alpha value is -3.45. The second-order valence-electron chi connectivity index (χ2n) is 8.87. The van der Waals surface area contributed by atoms with Crippen molar-refractivity contribution in [2.75, 3.05) is 24.7 Å². The highest BCUT2D eigenvalue weighted by Gasteiger charge is 2.24. The maximum absolute atomic E-state index is 12.3. The van der Waals surface area contributed by atoms with Gasteiger partial charge in [0.15, 0.2) is 0 Å². The minimum Gasteiger partial charge on any atom is -0.377 e. The molecule has 4 aromatic rings. The van der Waals surface area contributed by atoms with Crippen molar-refractivity contribution in [2.24, 2.45) is 7.05 Å². The Bertz CT molecular complexity index is 1330. The van der Waals surface area contributed by atoms with Crippen molar-refractivity contribution in [3.8, 4) is 11.4 Å². The van der Waals surface area contributed by atoms with Gasteiger partial charge in [0, 0.05) is 37.0 Å². The molecule has 3 aromatic heterocycles. The highest BCUT2D eigenvalue weighted by atomic mass is 16.5. The molecule has 4 heterocycles. The van der Waals surface area contributed by atoms with Crippen LogP contribution in [0.2, 0.25) is 0 Å². The average molecular weight is 474 g/mol. The number of benzene rings is 1. The largest absolute Gasteiger partial charge is 0.377 e. The van der Waals surface area contributed by atoms with Crippen LogP contribution in [0.3, 0.4) is 0 Å². The van der Waals surface area contributed by atoms with Gasteiger partial charge in [-0.1, -0.05) is 44.2 Å². The van der Waals surface area contributed by atoms with Crippen LogP contribution in [0.25, 0.3) is 22.4 Å². The van der Waals surface area contributed by atoms with Gasteiger partial charge >= 0.3 is 0 Å². The highest BCUT2D eigenvalue weighted by Crippen LogP contribution is 2.33. The summed E-state index contributed by atoms with van der Waals surface area (Å²) in [4.78, 5) is 24.4. The molecular formula is C28H35N5O2. The Balaban J connectivity index is 0.00000141. The van der Waals surface area contributed by atoms with Crippen LogP contribution in [-0.4, -0.2) is 44.9 Å². The number of pyridine rings is 2. The fourth-order valence-electron chi connectivity index (χ4n) is 4.69. The molecule has 0 amide bonds. The van der Waals surface area contributed by atoms with Crippen LogP contribution in [-0.2, 0) is 11.8 Å². The lowest BCUT2D eigenvalue weighted by molar-refractivity contribution is 0.0985. The number of fused-ring (bicyclic) bond motifs is 1. The van der Waals surface area contributed by atoms with E-state index in [1.54, 1.807) is 11.6 Å². The minimum absolute atomic E-state index is 0.00257. The Morgan fingerprint density at radius 2 is 1.89 bits per heavy atom. The summed E-state index contributed by atoms with van der Waals surface area (Å²) in [5.41, 5.74) is 4.66. The molecule has 1 fully saturated rings. The van der Waals surface area contributed by atoms with E-state index in [1.165, 1.54) is 5.56 Å². The first-order chi connectivity index (χ1) is 16.9. The molecule has 0 bridgehead atoms. The van der Waals surface area contributed by atoms with Crippen molar-refractivity contribution in [3.05, 3.63) is 76.3 Å². The highest BCUT2D eigenvalue weighted by molar-refractivity contribution is 5.83. The van der Waals surface area contributed by atoms with Crippen LogP contribution in [0.5, 0.6) is 0 Å². The molecule has 2 atom stereocenters. The number of anilines is 1. The van der Waals surface area contributed by atoms with Crippen LogP contribution >= 0.6 is 0 Å². The van der Waals surface area contributed by atoms with Crippen molar-refractivity contribution in [1.29, 1.82) is 0 Å². The topological polar surface area (TPSA) is 65.2 Å². The molecule has 7 heteroatoms. The van der Waals surface area contributed by atoms with Gasteiger partial charge in [0.25, 0.3) is 5.56 Å². The molecule has 1 aliphatic heterocycles. The molecular weight excluding hydrogens is 438 g/mol. The average Bonchev–Trinajstić information content (AvgIpc) is 3.27. The standard InChI is InChI=1S/C26H29N5O2.C2H6/c1-17-12-21(15-29(4)26(17)32)25-28-22-14-27-24(30-10-11-33-16-18(30)2)13-23(22)31(25)19(3)20-8-6-5-7-9-20;1-2/h5-9,12-15,18-19H,10-11,16H2,1-4H3;1-2H3/t18-,19?;/m0./s1. The number of ether oxygens (including phenoxy) is 1. The van der Waals surface area contributed by atoms with Crippen LogP contribution in [0.4, 0.5) is 5.82 Å². The number of aryl methyl sites for hydroxylation is 2. The molecule has 1 aliphatic rings. The molecule has 35 heavy (non-hydrogen) atoms. The van der Waals surface area contributed by atoms with Gasteiger partial charge in [-0.05, 0) is 32.4 Å². The first-order valence-electron chi connectivity index (χ1n) is 12.4. The van der Waals surface area contributed by atoms with Gasteiger partial charge in [0.05, 0.1) is 37.0 Å². The summed E-state index contributed by atoms with van der Waals surface area (Å²) in [6.45, 7) is 12.4. The van der Waals surface area contributed by atoms with Gasteiger partial charge in [-0.25, -0.2) is 9.97 Å². The number of nitrogens with zero attached hydrogens (tertiary/aromatic N) is 5. The van der Waals surface area contributed by atoms with Gasteiger partial charge in [-0.15, -0.1) is 0 Å². The summed E-state index contributed by atoms with van der Waals surface area (Å²) in [6, 6.07) is 14.8. The van der Waals surface area contributed by atoms with E-state index in [2.05, 4.69) is 53.6 Å². The Morgan fingerprint density at radius 3 is 2.57 bits per heavy atom. The third-order valence-electron chi connectivity index (χ3n) is 6.51. The SMILES string of the molecule is CC.Cc1cc(-c2nc3cnc(N4CCOC[C@@H]4C)cc3n2C(C)c2ccccc2)cn(C)c1=O. The van der Waals surface area contributed by atoms with Gasteiger partial charge in [0.1, 0.15) is 17.2 Å². The minimum atomic E-state index is 0.00257. The summed E-state index contributed by atoms with van der Waals surface area (Å²) >= 11 is 0. The summed E-state index contributed by atoms with van der Waals surface area (Å²) in [5.74, 6) is 1.76. The fraction of sp³-hybridized carbons (Fsp3) is 0.393. The van der Waals surface area contributed by atoms with Crippen molar-refractivity contribution in [2.45, 2.75) is 46.7 Å². The smallest absolute Gasteiger partial charge is 0.253 e. The predicted octanol–water partition coefficient (Wildman–Crippen LogP) is 4.97. The second kappa shape index (κ2) is 10.4. The number of imidazole rings is 1. The lowest BCUT2D eigenvalue weighted by Gasteiger charge is -2.34. The van der Waals surface area contributed by atoms with Crippen molar-refractivity contribution in [1.82, 2.24) is 19.1 Å². The predicted molar refractivity (Wildman–Crippen MR) is 142 cm³/mol. The second-order valence-corrected chi connectivity index (χ2v) is 8.87. The third-order valence-corrected chi connectivity index (χ3v) is 6.51. The quantitative estimate of drug-likeness (QED) is 0.419. The van der Waals surface area contributed by atoms with E-state index < -0.39 is 0 Å². The zero-order valence-electron chi connectivity index (χ0n) is 21.5. The van der Waals surface area contributed by atoms with Crippen LogP contribution < -0.4 is 10.5 Å².